The van der Waals surface area contributed by atoms with Gasteiger partial charge in [0.25, 0.3) is 5.91 Å². The van der Waals surface area contributed by atoms with Crippen molar-refractivity contribution in [2.45, 2.75) is 19.6 Å². The van der Waals surface area contributed by atoms with Gasteiger partial charge in [0.2, 0.25) is 0 Å². The van der Waals surface area contributed by atoms with E-state index in [0.29, 0.717) is 5.75 Å². The van der Waals surface area contributed by atoms with Crippen molar-refractivity contribution < 1.29 is 22.7 Å². The third kappa shape index (κ3) is 4.03. The van der Waals surface area contributed by atoms with E-state index in [9.17, 15) is 18.0 Å². The van der Waals surface area contributed by atoms with Crippen molar-refractivity contribution in [1.29, 1.82) is 0 Å². The summed E-state index contributed by atoms with van der Waals surface area (Å²) in [5.74, 6) is 0.238. The molecule has 2 aromatic rings. The second-order valence-corrected chi connectivity index (χ2v) is 5.03. The number of hydrogen-bond acceptors (Lipinski definition) is 2. The highest BCUT2D eigenvalue weighted by Crippen LogP contribution is 2.29. The number of rotatable bonds is 4. The quantitative estimate of drug-likeness (QED) is 0.925. The minimum Gasteiger partial charge on any atom is -0.496 e. The zero-order chi connectivity index (χ0) is 17.0. The van der Waals surface area contributed by atoms with E-state index in [0.717, 1.165) is 35.4 Å². The second kappa shape index (κ2) is 6.73. The Morgan fingerprint density at radius 1 is 1.13 bits per heavy atom. The molecule has 1 N–H and O–H groups in total. The third-order valence-electron chi connectivity index (χ3n) is 3.41. The SMILES string of the molecule is COc1c(C)cccc1CNC(=O)c1ccc(C(F)(F)F)cc1. The number of hydrogen-bond donors (Lipinski definition) is 1. The van der Waals surface area contributed by atoms with Gasteiger partial charge in [-0.1, -0.05) is 18.2 Å². The zero-order valence-corrected chi connectivity index (χ0v) is 12.7. The molecule has 0 aromatic heterocycles. The fraction of sp³-hybridized carbons (Fsp3) is 0.235. The average molecular weight is 323 g/mol. The fourth-order valence-corrected chi connectivity index (χ4v) is 2.23. The van der Waals surface area contributed by atoms with Gasteiger partial charge < -0.3 is 10.1 Å². The van der Waals surface area contributed by atoms with Crippen LogP contribution in [0.5, 0.6) is 5.75 Å². The van der Waals surface area contributed by atoms with Crippen molar-refractivity contribution in [3.63, 3.8) is 0 Å². The number of nitrogens with one attached hydrogen (secondary N) is 1. The number of methoxy groups -OCH3 is 1. The Morgan fingerprint density at radius 3 is 2.35 bits per heavy atom. The van der Waals surface area contributed by atoms with Crippen molar-refractivity contribution in [2.75, 3.05) is 7.11 Å². The van der Waals surface area contributed by atoms with Gasteiger partial charge in [-0.2, -0.15) is 13.2 Å². The van der Waals surface area contributed by atoms with E-state index in [2.05, 4.69) is 5.32 Å². The predicted molar refractivity (Wildman–Crippen MR) is 80.3 cm³/mol. The molecule has 0 aliphatic carbocycles. The largest absolute Gasteiger partial charge is 0.496 e. The zero-order valence-electron chi connectivity index (χ0n) is 12.7. The molecule has 6 heteroatoms. The molecule has 0 radical (unpaired) electrons. The van der Waals surface area contributed by atoms with Crippen molar-refractivity contribution in [2.24, 2.45) is 0 Å². The van der Waals surface area contributed by atoms with Gasteiger partial charge in [0.1, 0.15) is 5.75 Å². The Kier molecular flexibility index (Phi) is 4.93. The number of benzene rings is 2. The topological polar surface area (TPSA) is 38.3 Å². The predicted octanol–water partition coefficient (Wildman–Crippen LogP) is 3.95. The van der Waals surface area contributed by atoms with Crippen LogP contribution in [0.3, 0.4) is 0 Å². The Morgan fingerprint density at radius 2 is 1.78 bits per heavy atom. The molecule has 2 rings (SSSR count). The molecule has 0 atom stereocenters. The van der Waals surface area contributed by atoms with Gasteiger partial charge in [-0.05, 0) is 36.8 Å². The van der Waals surface area contributed by atoms with Gasteiger partial charge in [-0.25, -0.2) is 0 Å². The number of para-hydroxylation sites is 1. The van der Waals surface area contributed by atoms with E-state index >= 15 is 0 Å². The minimum absolute atomic E-state index is 0.171. The van der Waals surface area contributed by atoms with Gasteiger partial charge >= 0.3 is 6.18 Å². The molecule has 0 saturated heterocycles. The molecule has 3 nitrogen and oxygen atoms in total. The van der Waals surface area contributed by atoms with Gasteiger partial charge in [-0.15, -0.1) is 0 Å². The molecule has 0 heterocycles. The number of alkyl halides is 3. The van der Waals surface area contributed by atoms with E-state index < -0.39 is 17.6 Å². The first-order valence-corrected chi connectivity index (χ1v) is 6.91. The molecule has 23 heavy (non-hydrogen) atoms. The highest BCUT2D eigenvalue weighted by molar-refractivity contribution is 5.94. The molecule has 0 saturated carbocycles. The Bertz CT molecular complexity index is 694. The van der Waals surface area contributed by atoms with Crippen LogP contribution >= 0.6 is 0 Å². The Labute approximate surface area is 132 Å². The van der Waals surface area contributed by atoms with Crippen LogP contribution in [0.25, 0.3) is 0 Å². The summed E-state index contributed by atoms with van der Waals surface area (Å²) in [5.41, 5.74) is 1.13. The van der Waals surface area contributed by atoms with Crippen LogP contribution in [0.15, 0.2) is 42.5 Å². The van der Waals surface area contributed by atoms with Gasteiger partial charge in [-0.3, -0.25) is 4.79 Å². The summed E-state index contributed by atoms with van der Waals surface area (Å²) in [6.45, 7) is 2.12. The standard InChI is InChI=1S/C17H16F3NO2/c1-11-4-3-5-13(15(11)23-2)10-21-16(22)12-6-8-14(9-7-12)17(18,19)20/h3-9H,10H2,1-2H3,(H,21,22). The molecule has 122 valence electrons. The second-order valence-electron chi connectivity index (χ2n) is 5.03. The lowest BCUT2D eigenvalue weighted by Crippen LogP contribution is -2.23. The first-order chi connectivity index (χ1) is 10.8. The van der Waals surface area contributed by atoms with Crippen LogP contribution in [0.1, 0.15) is 27.0 Å². The molecular formula is C17H16F3NO2. The number of aryl methyl sites for hydroxylation is 1. The van der Waals surface area contributed by atoms with E-state index in [1.165, 1.54) is 0 Å². The number of ether oxygens (including phenoxy) is 1. The number of carbonyl (C=O) groups is 1. The number of carbonyl (C=O) groups excluding carboxylic acids is 1. The minimum atomic E-state index is -4.41. The van der Waals surface area contributed by atoms with Crippen molar-refractivity contribution in [1.82, 2.24) is 5.32 Å². The molecule has 0 unspecified atom stereocenters. The molecule has 0 aliphatic rings. The summed E-state index contributed by atoms with van der Waals surface area (Å²) in [6, 6.07) is 9.65. The van der Waals surface area contributed by atoms with Crippen LogP contribution in [0, 0.1) is 6.92 Å². The maximum Gasteiger partial charge on any atom is 0.416 e. The highest BCUT2D eigenvalue weighted by Gasteiger charge is 2.30. The molecule has 0 spiro atoms. The summed E-state index contributed by atoms with van der Waals surface area (Å²) in [6.07, 6.45) is -4.41. The normalized spacial score (nSPS) is 11.2. The van der Waals surface area contributed by atoms with Crippen molar-refractivity contribution in [3.8, 4) is 5.75 Å². The smallest absolute Gasteiger partial charge is 0.416 e. The third-order valence-corrected chi connectivity index (χ3v) is 3.41. The number of halogens is 3. The first kappa shape index (κ1) is 16.9. The van der Waals surface area contributed by atoms with E-state index in [1.807, 2.05) is 25.1 Å². The maximum atomic E-state index is 12.5. The molecule has 0 aliphatic heterocycles. The van der Waals surface area contributed by atoms with E-state index in [1.54, 1.807) is 7.11 Å². The summed E-state index contributed by atoms with van der Waals surface area (Å²) in [5, 5.41) is 2.68. The summed E-state index contributed by atoms with van der Waals surface area (Å²) >= 11 is 0. The molecule has 0 fully saturated rings. The van der Waals surface area contributed by atoms with Gasteiger partial charge in [0.05, 0.1) is 12.7 Å². The monoisotopic (exact) mass is 323 g/mol. The fourth-order valence-electron chi connectivity index (χ4n) is 2.23. The van der Waals surface area contributed by atoms with E-state index in [4.69, 9.17) is 4.74 Å². The molecular weight excluding hydrogens is 307 g/mol. The van der Waals surface area contributed by atoms with Crippen LogP contribution < -0.4 is 10.1 Å². The van der Waals surface area contributed by atoms with Gasteiger partial charge in [0, 0.05) is 17.7 Å². The summed E-state index contributed by atoms with van der Waals surface area (Å²) in [4.78, 5) is 12.0. The summed E-state index contributed by atoms with van der Waals surface area (Å²) < 4.78 is 42.8. The molecule has 0 bridgehead atoms. The van der Waals surface area contributed by atoms with Crippen molar-refractivity contribution >= 4 is 5.91 Å². The Balaban J connectivity index is 2.07. The highest BCUT2D eigenvalue weighted by atomic mass is 19.4. The Hall–Kier alpha value is -2.50. The average Bonchev–Trinajstić information content (AvgIpc) is 2.52. The van der Waals surface area contributed by atoms with Crippen molar-refractivity contribution in [3.05, 3.63) is 64.7 Å². The van der Waals surface area contributed by atoms with Gasteiger partial charge in [0.15, 0.2) is 0 Å². The maximum absolute atomic E-state index is 12.5. The first-order valence-electron chi connectivity index (χ1n) is 6.91. The lowest BCUT2D eigenvalue weighted by atomic mass is 10.1. The molecule has 1 amide bonds. The molecule has 2 aromatic carbocycles. The van der Waals surface area contributed by atoms with Crippen LogP contribution in [0.4, 0.5) is 13.2 Å². The lowest BCUT2D eigenvalue weighted by molar-refractivity contribution is -0.137. The van der Waals surface area contributed by atoms with E-state index in [-0.39, 0.29) is 12.1 Å². The van der Waals surface area contributed by atoms with Crippen LogP contribution in [-0.2, 0) is 12.7 Å². The summed E-state index contributed by atoms with van der Waals surface area (Å²) in [7, 11) is 1.55. The lowest BCUT2D eigenvalue weighted by Gasteiger charge is -2.12. The van der Waals surface area contributed by atoms with Crippen LogP contribution in [0.2, 0.25) is 0 Å². The van der Waals surface area contributed by atoms with Crippen LogP contribution in [-0.4, -0.2) is 13.0 Å². The number of amides is 1.